The highest BCUT2D eigenvalue weighted by Gasteiger charge is 2.23. The molecule has 2 saturated heterocycles. The first kappa shape index (κ1) is 22.9. The lowest BCUT2D eigenvalue weighted by Crippen LogP contribution is -2.49. The summed E-state index contributed by atoms with van der Waals surface area (Å²) in [6, 6.07) is 5.89. The molecular weight excluding hydrogens is 456 g/mol. The molecule has 2 fully saturated rings. The predicted octanol–water partition coefficient (Wildman–Crippen LogP) is 1.23. The van der Waals surface area contributed by atoms with E-state index in [9.17, 15) is 4.79 Å². The van der Waals surface area contributed by atoms with Crippen LogP contribution in [0.15, 0.2) is 24.4 Å². The summed E-state index contributed by atoms with van der Waals surface area (Å²) in [6.45, 7) is 6.15. The van der Waals surface area contributed by atoms with Gasteiger partial charge in [-0.1, -0.05) is 0 Å². The highest BCUT2D eigenvalue weighted by molar-refractivity contribution is 7.19. The van der Waals surface area contributed by atoms with Crippen LogP contribution in [0.4, 0.5) is 5.82 Å². The second kappa shape index (κ2) is 10.2. The maximum absolute atomic E-state index is 11.7. The fourth-order valence-corrected chi connectivity index (χ4v) is 5.42. The number of aliphatic hydroxyl groups excluding tert-OH is 1. The Bertz CT molecular complexity index is 1140. The highest BCUT2D eigenvalue weighted by atomic mass is 32.1. The number of fused-ring (bicyclic) bond motifs is 1. The van der Waals surface area contributed by atoms with Gasteiger partial charge in [-0.3, -0.25) is 9.69 Å². The van der Waals surface area contributed by atoms with E-state index in [2.05, 4.69) is 20.9 Å². The molecule has 0 saturated carbocycles. The first-order valence-corrected chi connectivity index (χ1v) is 12.2. The number of morpholine rings is 1. The molecular formula is C23H28N6O4S. The molecule has 2 aliphatic rings. The number of amides is 1. The SMILES string of the molecule is COc1ccc(-c2nc(N3CCOCC3)c3sc(CN4CCN(C(=O)CO)CC4)cc3n2)cn1. The molecule has 180 valence electrons. The third-order valence-electron chi connectivity index (χ3n) is 6.16. The summed E-state index contributed by atoms with van der Waals surface area (Å²) < 4.78 is 11.8. The Morgan fingerprint density at radius 2 is 1.94 bits per heavy atom. The quantitative estimate of drug-likeness (QED) is 0.553. The molecule has 0 spiro atoms. The standard InChI is InChI=1S/C23H28N6O4S/c1-32-19-3-2-16(13-24-19)22-25-18-12-17(14-27-4-6-28(7-5-27)20(31)15-30)34-21(18)23(26-22)29-8-10-33-11-9-29/h2-3,12-13,30H,4-11,14-15H2,1H3. The van der Waals surface area contributed by atoms with Crippen molar-refractivity contribution >= 4 is 33.3 Å². The first-order valence-electron chi connectivity index (χ1n) is 11.4. The van der Waals surface area contributed by atoms with E-state index in [4.69, 9.17) is 24.5 Å². The van der Waals surface area contributed by atoms with E-state index in [0.29, 0.717) is 38.0 Å². The van der Waals surface area contributed by atoms with Gasteiger partial charge in [0.25, 0.3) is 0 Å². The average molecular weight is 485 g/mol. The molecule has 11 heteroatoms. The number of anilines is 1. The van der Waals surface area contributed by atoms with Crippen LogP contribution in [0, 0.1) is 0 Å². The Balaban J connectivity index is 1.43. The zero-order valence-electron chi connectivity index (χ0n) is 19.1. The Morgan fingerprint density at radius 1 is 1.15 bits per heavy atom. The van der Waals surface area contributed by atoms with E-state index in [1.807, 2.05) is 12.1 Å². The first-order chi connectivity index (χ1) is 16.6. The van der Waals surface area contributed by atoms with Crippen molar-refractivity contribution in [2.24, 2.45) is 0 Å². The lowest BCUT2D eigenvalue weighted by molar-refractivity contribution is -0.135. The lowest BCUT2D eigenvalue weighted by atomic mass is 10.2. The van der Waals surface area contributed by atoms with E-state index in [0.717, 1.165) is 54.3 Å². The molecule has 2 aliphatic heterocycles. The van der Waals surface area contributed by atoms with Crippen molar-refractivity contribution < 1.29 is 19.4 Å². The van der Waals surface area contributed by atoms with E-state index in [1.165, 1.54) is 4.88 Å². The van der Waals surface area contributed by atoms with Gasteiger partial charge in [0.05, 0.1) is 30.5 Å². The molecule has 0 aromatic carbocycles. The number of hydrogen-bond acceptors (Lipinski definition) is 10. The molecule has 1 N–H and O–H groups in total. The van der Waals surface area contributed by atoms with Crippen molar-refractivity contribution in [1.29, 1.82) is 0 Å². The molecule has 10 nitrogen and oxygen atoms in total. The normalized spacial score (nSPS) is 17.4. The van der Waals surface area contributed by atoms with Crippen LogP contribution < -0.4 is 9.64 Å². The number of rotatable bonds is 6. The van der Waals surface area contributed by atoms with Gasteiger partial charge in [-0.2, -0.15) is 0 Å². The van der Waals surface area contributed by atoms with E-state index in [1.54, 1.807) is 29.5 Å². The largest absolute Gasteiger partial charge is 0.481 e. The summed E-state index contributed by atoms with van der Waals surface area (Å²) in [4.78, 5) is 33.4. The molecule has 0 radical (unpaired) electrons. The second-order valence-corrected chi connectivity index (χ2v) is 9.44. The molecule has 3 aromatic heterocycles. The average Bonchev–Trinajstić information content (AvgIpc) is 3.31. The number of aliphatic hydroxyl groups is 1. The second-order valence-electron chi connectivity index (χ2n) is 8.30. The third kappa shape index (κ3) is 4.83. The number of nitrogens with zero attached hydrogens (tertiary/aromatic N) is 6. The maximum Gasteiger partial charge on any atom is 0.248 e. The van der Waals surface area contributed by atoms with Gasteiger partial charge < -0.3 is 24.4 Å². The van der Waals surface area contributed by atoms with Crippen LogP contribution in [0.1, 0.15) is 4.88 Å². The van der Waals surface area contributed by atoms with Crippen LogP contribution in [0.25, 0.3) is 21.6 Å². The van der Waals surface area contributed by atoms with Gasteiger partial charge in [0, 0.05) is 68.5 Å². The molecule has 1 amide bonds. The van der Waals surface area contributed by atoms with E-state index in [-0.39, 0.29) is 5.91 Å². The minimum absolute atomic E-state index is 0.201. The van der Waals surface area contributed by atoms with Crippen molar-refractivity contribution in [2.75, 3.05) is 71.1 Å². The Hall–Kier alpha value is -2.86. The van der Waals surface area contributed by atoms with Crippen LogP contribution in [-0.4, -0.2) is 102 Å². The summed E-state index contributed by atoms with van der Waals surface area (Å²) in [5.74, 6) is 1.93. The van der Waals surface area contributed by atoms with Crippen molar-refractivity contribution in [2.45, 2.75) is 6.54 Å². The molecule has 0 unspecified atom stereocenters. The van der Waals surface area contributed by atoms with Crippen LogP contribution in [0.5, 0.6) is 5.88 Å². The Morgan fingerprint density at radius 3 is 2.62 bits per heavy atom. The molecule has 0 bridgehead atoms. The number of piperazine rings is 1. The number of ether oxygens (including phenoxy) is 2. The predicted molar refractivity (Wildman–Crippen MR) is 129 cm³/mol. The van der Waals surface area contributed by atoms with Crippen molar-refractivity contribution in [3.05, 3.63) is 29.3 Å². The molecule has 5 rings (SSSR count). The van der Waals surface area contributed by atoms with Gasteiger partial charge in [-0.15, -0.1) is 11.3 Å². The van der Waals surface area contributed by atoms with Gasteiger partial charge in [0.1, 0.15) is 6.61 Å². The summed E-state index contributed by atoms with van der Waals surface area (Å²) in [6.07, 6.45) is 1.74. The zero-order chi connectivity index (χ0) is 23.5. The van der Waals surface area contributed by atoms with Gasteiger partial charge >= 0.3 is 0 Å². The minimum atomic E-state index is -0.425. The highest BCUT2D eigenvalue weighted by Crippen LogP contribution is 2.35. The van der Waals surface area contributed by atoms with Gasteiger partial charge in [-0.05, 0) is 12.1 Å². The Labute approximate surface area is 201 Å². The minimum Gasteiger partial charge on any atom is -0.481 e. The van der Waals surface area contributed by atoms with Crippen LogP contribution in [0.2, 0.25) is 0 Å². The molecule has 34 heavy (non-hydrogen) atoms. The van der Waals surface area contributed by atoms with Gasteiger partial charge in [0.2, 0.25) is 11.8 Å². The summed E-state index contributed by atoms with van der Waals surface area (Å²) in [5.41, 5.74) is 1.77. The third-order valence-corrected chi connectivity index (χ3v) is 7.26. The van der Waals surface area contributed by atoms with Crippen LogP contribution in [0.3, 0.4) is 0 Å². The lowest BCUT2D eigenvalue weighted by Gasteiger charge is -2.34. The number of carbonyl (C=O) groups excluding carboxylic acids is 1. The number of hydrogen-bond donors (Lipinski definition) is 1. The Kier molecular flexibility index (Phi) is 6.86. The van der Waals surface area contributed by atoms with Crippen LogP contribution >= 0.6 is 11.3 Å². The topological polar surface area (TPSA) is 104 Å². The zero-order valence-corrected chi connectivity index (χ0v) is 20.0. The smallest absolute Gasteiger partial charge is 0.248 e. The summed E-state index contributed by atoms with van der Waals surface area (Å²) in [5, 5.41) is 9.10. The van der Waals surface area contributed by atoms with Gasteiger partial charge in [-0.25, -0.2) is 15.0 Å². The number of aromatic nitrogens is 3. The maximum atomic E-state index is 11.7. The summed E-state index contributed by atoms with van der Waals surface area (Å²) in [7, 11) is 1.60. The van der Waals surface area contributed by atoms with Crippen molar-refractivity contribution in [3.8, 4) is 17.3 Å². The van der Waals surface area contributed by atoms with Gasteiger partial charge in [0.15, 0.2) is 11.6 Å². The fraction of sp³-hybridized carbons (Fsp3) is 0.478. The summed E-state index contributed by atoms with van der Waals surface area (Å²) >= 11 is 1.73. The molecule has 5 heterocycles. The fourth-order valence-electron chi connectivity index (χ4n) is 4.27. The van der Waals surface area contributed by atoms with E-state index >= 15 is 0 Å². The number of pyridine rings is 1. The number of thiophene rings is 1. The molecule has 0 aliphatic carbocycles. The van der Waals surface area contributed by atoms with E-state index < -0.39 is 6.61 Å². The number of methoxy groups -OCH3 is 1. The van der Waals surface area contributed by atoms with Crippen molar-refractivity contribution in [3.63, 3.8) is 0 Å². The van der Waals surface area contributed by atoms with Crippen LogP contribution in [-0.2, 0) is 16.1 Å². The number of carbonyl (C=O) groups is 1. The molecule has 3 aromatic rings. The molecule has 0 atom stereocenters. The van der Waals surface area contributed by atoms with Crippen molar-refractivity contribution in [1.82, 2.24) is 24.8 Å². The monoisotopic (exact) mass is 484 g/mol.